The summed E-state index contributed by atoms with van der Waals surface area (Å²) in [5, 5.41) is 0. The third-order valence-corrected chi connectivity index (χ3v) is 4.16. The van der Waals surface area contributed by atoms with Crippen LogP contribution < -0.4 is 0 Å². The maximum absolute atomic E-state index is 12.1. The Morgan fingerprint density at radius 2 is 2.06 bits per heavy atom. The molecular formula is C13H15Cl2NO. The lowest BCUT2D eigenvalue weighted by Crippen LogP contribution is -2.35. The van der Waals surface area contributed by atoms with E-state index >= 15 is 0 Å². The molecule has 0 spiro atoms. The summed E-state index contributed by atoms with van der Waals surface area (Å²) in [6.07, 6.45) is 0. The molecule has 1 aliphatic heterocycles. The van der Waals surface area contributed by atoms with Crippen LogP contribution in [-0.2, 0) is 11.3 Å². The fraction of sp³-hybridized carbons (Fsp3) is 0.462. The van der Waals surface area contributed by atoms with Crippen LogP contribution in [0.25, 0.3) is 0 Å². The maximum atomic E-state index is 12.1. The van der Waals surface area contributed by atoms with Gasteiger partial charge in [0, 0.05) is 24.9 Å². The molecule has 2 nitrogen and oxygen atoms in total. The Morgan fingerprint density at radius 3 is 2.59 bits per heavy atom. The van der Waals surface area contributed by atoms with Crippen molar-refractivity contribution in [2.45, 2.75) is 18.3 Å². The van der Waals surface area contributed by atoms with Crippen LogP contribution in [0.2, 0.25) is 0 Å². The van der Waals surface area contributed by atoms with E-state index < -0.39 is 4.87 Å². The first kappa shape index (κ1) is 12.7. The minimum atomic E-state index is -0.851. The van der Waals surface area contributed by atoms with Gasteiger partial charge in [0.1, 0.15) is 4.87 Å². The third-order valence-electron chi connectivity index (χ3n) is 3.32. The van der Waals surface area contributed by atoms with Crippen LogP contribution in [0.3, 0.4) is 0 Å². The van der Waals surface area contributed by atoms with Gasteiger partial charge in [-0.3, -0.25) is 4.79 Å². The van der Waals surface area contributed by atoms with Crippen molar-refractivity contribution in [2.75, 3.05) is 12.4 Å². The lowest BCUT2D eigenvalue weighted by atomic mass is 9.99. The molecule has 1 amide bonds. The van der Waals surface area contributed by atoms with Crippen molar-refractivity contribution in [1.82, 2.24) is 4.90 Å². The van der Waals surface area contributed by atoms with E-state index in [0.717, 1.165) is 5.56 Å². The minimum Gasteiger partial charge on any atom is -0.336 e. The molecule has 1 saturated heterocycles. The molecule has 0 aliphatic carbocycles. The molecule has 0 saturated carbocycles. The summed E-state index contributed by atoms with van der Waals surface area (Å²) in [6, 6.07) is 9.91. The van der Waals surface area contributed by atoms with Gasteiger partial charge in [-0.2, -0.15) is 0 Å². The van der Waals surface area contributed by atoms with Crippen molar-refractivity contribution in [3.63, 3.8) is 0 Å². The standard InChI is InChI=1S/C13H15Cl2NO/c1-13(15)11(7-14)9-16(12(13)17)8-10-5-3-2-4-6-10/h2-6,11H,7-9H2,1H3/t11-,13+/m1/s1. The first-order valence-electron chi connectivity index (χ1n) is 5.64. The second kappa shape index (κ2) is 4.87. The van der Waals surface area contributed by atoms with Crippen molar-refractivity contribution in [3.05, 3.63) is 35.9 Å². The average Bonchev–Trinajstić information content (AvgIpc) is 2.54. The Balaban J connectivity index is 2.12. The molecule has 17 heavy (non-hydrogen) atoms. The zero-order valence-corrected chi connectivity index (χ0v) is 11.2. The Kier molecular flexibility index (Phi) is 3.64. The van der Waals surface area contributed by atoms with Crippen LogP contribution in [0.4, 0.5) is 0 Å². The van der Waals surface area contributed by atoms with Crippen LogP contribution in [0.15, 0.2) is 30.3 Å². The van der Waals surface area contributed by atoms with E-state index in [1.807, 2.05) is 30.3 Å². The van der Waals surface area contributed by atoms with Crippen molar-refractivity contribution in [3.8, 4) is 0 Å². The van der Waals surface area contributed by atoms with Crippen molar-refractivity contribution >= 4 is 29.1 Å². The quantitative estimate of drug-likeness (QED) is 0.775. The predicted octanol–water partition coefficient (Wildman–Crippen LogP) is 2.88. The summed E-state index contributed by atoms with van der Waals surface area (Å²) in [5.41, 5.74) is 1.11. The third kappa shape index (κ3) is 2.43. The molecule has 2 atom stereocenters. The zero-order valence-electron chi connectivity index (χ0n) is 9.70. The molecular weight excluding hydrogens is 257 g/mol. The van der Waals surface area contributed by atoms with E-state index in [0.29, 0.717) is 19.0 Å². The average molecular weight is 272 g/mol. The molecule has 0 unspecified atom stereocenters. The van der Waals surface area contributed by atoms with Crippen LogP contribution in [0.1, 0.15) is 12.5 Å². The molecule has 0 N–H and O–H groups in total. The highest BCUT2D eigenvalue weighted by Crippen LogP contribution is 2.36. The summed E-state index contributed by atoms with van der Waals surface area (Å²) in [7, 11) is 0. The number of halogens is 2. The maximum Gasteiger partial charge on any atom is 0.244 e. The van der Waals surface area contributed by atoms with Gasteiger partial charge < -0.3 is 4.90 Å². The number of hydrogen-bond acceptors (Lipinski definition) is 1. The molecule has 92 valence electrons. The molecule has 0 radical (unpaired) electrons. The van der Waals surface area contributed by atoms with Gasteiger partial charge in [-0.15, -0.1) is 23.2 Å². The topological polar surface area (TPSA) is 20.3 Å². The number of hydrogen-bond donors (Lipinski definition) is 0. The van der Waals surface area contributed by atoms with Gasteiger partial charge >= 0.3 is 0 Å². The van der Waals surface area contributed by atoms with Crippen molar-refractivity contribution in [1.29, 1.82) is 0 Å². The largest absolute Gasteiger partial charge is 0.336 e. The fourth-order valence-corrected chi connectivity index (χ4v) is 2.89. The monoisotopic (exact) mass is 271 g/mol. The lowest BCUT2D eigenvalue weighted by molar-refractivity contribution is -0.130. The molecule has 4 heteroatoms. The highest BCUT2D eigenvalue weighted by Gasteiger charge is 2.48. The van der Waals surface area contributed by atoms with Gasteiger partial charge in [-0.25, -0.2) is 0 Å². The summed E-state index contributed by atoms with van der Waals surface area (Å²) in [4.78, 5) is 13.1. The van der Waals surface area contributed by atoms with E-state index in [4.69, 9.17) is 23.2 Å². The summed E-state index contributed by atoms with van der Waals surface area (Å²) in [5.74, 6) is 0.410. The number of likely N-dealkylation sites (tertiary alicyclic amines) is 1. The Hall–Kier alpha value is -0.730. The SMILES string of the molecule is C[C@@]1(Cl)C(=O)N(Cc2ccccc2)C[C@H]1CCl. The van der Waals surface area contributed by atoms with Crippen molar-refractivity contribution < 1.29 is 4.79 Å². The number of carbonyl (C=O) groups excluding carboxylic acids is 1. The Bertz CT molecular complexity index is 405. The second-order valence-electron chi connectivity index (χ2n) is 4.60. The number of alkyl halides is 2. The summed E-state index contributed by atoms with van der Waals surface area (Å²) >= 11 is 12.1. The van der Waals surface area contributed by atoms with E-state index in [1.165, 1.54) is 0 Å². The minimum absolute atomic E-state index is 0.0158. The van der Waals surface area contributed by atoms with Crippen LogP contribution in [-0.4, -0.2) is 28.1 Å². The normalized spacial score (nSPS) is 28.8. The second-order valence-corrected chi connectivity index (χ2v) is 5.69. The van der Waals surface area contributed by atoms with Gasteiger partial charge in [-0.05, 0) is 12.5 Å². The van der Waals surface area contributed by atoms with Gasteiger partial charge in [-0.1, -0.05) is 30.3 Å². The predicted molar refractivity (Wildman–Crippen MR) is 70.3 cm³/mol. The Labute approximate surface area is 112 Å². The zero-order chi connectivity index (χ0) is 12.5. The van der Waals surface area contributed by atoms with Crippen LogP contribution in [0, 0.1) is 5.92 Å². The molecule has 0 aromatic heterocycles. The summed E-state index contributed by atoms with van der Waals surface area (Å²) < 4.78 is 0. The highest BCUT2D eigenvalue weighted by atomic mass is 35.5. The molecule has 1 fully saturated rings. The van der Waals surface area contributed by atoms with Gasteiger partial charge in [0.15, 0.2) is 0 Å². The van der Waals surface area contributed by atoms with Gasteiger partial charge in [0.25, 0.3) is 0 Å². The molecule has 0 bridgehead atoms. The van der Waals surface area contributed by atoms with Crippen LogP contribution >= 0.6 is 23.2 Å². The van der Waals surface area contributed by atoms with Gasteiger partial charge in [0.05, 0.1) is 0 Å². The number of carbonyl (C=O) groups is 1. The molecule has 1 aromatic rings. The van der Waals surface area contributed by atoms with Crippen molar-refractivity contribution in [2.24, 2.45) is 5.92 Å². The molecule has 1 aromatic carbocycles. The van der Waals surface area contributed by atoms with Gasteiger partial charge in [0.2, 0.25) is 5.91 Å². The number of amides is 1. The lowest BCUT2D eigenvalue weighted by Gasteiger charge is -2.19. The summed E-state index contributed by atoms with van der Waals surface area (Å²) in [6.45, 7) is 3.00. The van der Waals surface area contributed by atoms with Crippen LogP contribution in [0.5, 0.6) is 0 Å². The fourth-order valence-electron chi connectivity index (χ4n) is 2.14. The van der Waals surface area contributed by atoms with E-state index in [1.54, 1.807) is 11.8 Å². The first-order valence-corrected chi connectivity index (χ1v) is 6.55. The Morgan fingerprint density at radius 1 is 1.41 bits per heavy atom. The molecule has 2 rings (SSSR count). The van der Waals surface area contributed by atoms with E-state index in [-0.39, 0.29) is 11.8 Å². The molecule has 1 heterocycles. The molecule has 1 aliphatic rings. The first-order chi connectivity index (χ1) is 8.05. The highest BCUT2D eigenvalue weighted by molar-refractivity contribution is 6.36. The number of nitrogens with zero attached hydrogens (tertiary/aromatic N) is 1. The number of benzene rings is 1. The smallest absolute Gasteiger partial charge is 0.244 e. The number of rotatable bonds is 3. The van der Waals surface area contributed by atoms with E-state index in [2.05, 4.69) is 0 Å². The van der Waals surface area contributed by atoms with E-state index in [9.17, 15) is 4.79 Å².